The molecule has 1 aromatic heterocycles. The van der Waals surface area contributed by atoms with Gasteiger partial charge in [-0.3, -0.25) is 0 Å². The van der Waals surface area contributed by atoms with E-state index in [1.807, 2.05) is 13.0 Å². The van der Waals surface area contributed by atoms with Crippen LogP contribution in [0, 0.1) is 12.7 Å². The molecule has 0 unspecified atom stereocenters. The van der Waals surface area contributed by atoms with E-state index in [4.69, 9.17) is 5.73 Å². The molecule has 0 radical (unpaired) electrons. The van der Waals surface area contributed by atoms with Gasteiger partial charge in [0.25, 0.3) is 0 Å². The van der Waals surface area contributed by atoms with E-state index in [2.05, 4.69) is 4.98 Å². The molecule has 2 nitrogen and oxygen atoms in total. The van der Waals surface area contributed by atoms with E-state index in [9.17, 15) is 4.39 Å². The first-order valence-corrected chi connectivity index (χ1v) is 4.19. The highest BCUT2D eigenvalue weighted by Gasteiger charge is 2.06. The second-order valence-corrected chi connectivity index (χ2v) is 3.15. The summed E-state index contributed by atoms with van der Waals surface area (Å²) in [4.78, 5) is 2.95. The number of halogens is 1. The van der Waals surface area contributed by atoms with Crippen LogP contribution in [-0.2, 0) is 6.54 Å². The molecule has 0 atom stereocenters. The summed E-state index contributed by atoms with van der Waals surface area (Å²) in [6, 6.07) is 5.13. The highest BCUT2D eigenvalue weighted by atomic mass is 19.1. The number of hydrogen-bond donors (Lipinski definition) is 2. The van der Waals surface area contributed by atoms with E-state index in [-0.39, 0.29) is 5.82 Å². The van der Waals surface area contributed by atoms with Crippen molar-refractivity contribution < 1.29 is 4.39 Å². The summed E-state index contributed by atoms with van der Waals surface area (Å²) < 4.78 is 13.2. The van der Waals surface area contributed by atoms with Crippen LogP contribution in [0.2, 0.25) is 0 Å². The van der Waals surface area contributed by atoms with Gasteiger partial charge in [0.05, 0.1) is 5.52 Å². The van der Waals surface area contributed by atoms with Crippen molar-refractivity contribution in [2.75, 3.05) is 0 Å². The molecular formula is C10H11FN2. The molecule has 1 aromatic carbocycles. The Bertz CT molecular complexity index is 406. The Labute approximate surface area is 75.6 Å². The lowest BCUT2D eigenvalue weighted by Crippen LogP contribution is -1.95. The zero-order chi connectivity index (χ0) is 9.42. The minimum atomic E-state index is -0.222. The van der Waals surface area contributed by atoms with Gasteiger partial charge >= 0.3 is 0 Å². The van der Waals surface area contributed by atoms with Gasteiger partial charge in [0.2, 0.25) is 0 Å². The van der Waals surface area contributed by atoms with Crippen LogP contribution in [0.25, 0.3) is 10.9 Å². The van der Waals surface area contributed by atoms with Crippen molar-refractivity contribution >= 4 is 10.9 Å². The van der Waals surface area contributed by atoms with Gasteiger partial charge in [0.15, 0.2) is 0 Å². The number of aromatic amines is 1. The van der Waals surface area contributed by atoms with Crippen molar-refractivity contribution in [3.8, 4) is 0 Å². The van der Waals surface area contributed by atoms with Gasteiger partial charge in [-0.05, 0) is 24.6 Å². The fraction of sp³-hybridized carbons (Fsp3) is 0.200. The van der Waals surface area contributed by atoms with Crippen LogP contribution < -0.4 is 5.73 Å². The van der Waals surface area contributed by atoms with Gasteiger partial charge in [-0.15, -0.1) is 0 Å². The maximum Gasteiger partial charge on any atom is 0.147 e. The van der Waals surface area contributed by atoms with Gasteiger partial charge in [0, 0.05) is 17.6 Å². The normalized spacial score (nSPS) is 11.0. The molecule has 0 bridgehead atoms. The Balaban J connectivity index is 2.80. The Kier molecular flexibility index (Phi) is 1.81. The lowest BCUT2D eigenvalue weighted by atomic mass is 10.1. The van der Waals surface area contributed by atoms with E-state index >= 15 is 0 Å². The van der Waals surface area contributed by atoms with Crippen molar-refractivity contribution in [1.82, 2.24) is 4.98 Å². The van der Waals surface area contributed by atoms with Gasteiger partial charge in [-0.25, -0.2) is 4.39 Å². The van der Waals surface area contributed by atoms with Crippen LogP contribution in [0.1, 0.15) is 11.3 Å². The van der Waals surface area contributed by atoms with Crippen LogP contribution in [0.3, 0.4) is 0 Å². The van der Waals surface area contributed by atoms with Crippen LogP contribution in [0.15, 0.2) is 18.2 Å². The highest BCUT2D eigenvalue weighted by Crippen LogP contribution is 2.21. The van der Waals surface area contributed by atoms with Crippen molar-refractivity contribution in [3.63, 3.8) is 0 Å². The fourth-order valence-corrected chi connectivity index (χ4v) is 1.49. The second-order valence-electron chi connectivity index (χ2n) is 3.15. The summed E-state index contributed by atoms with van der Waals surface area (Å²) in [6.45, 7) is 2.36. The lowest BCUT2D eigenvalue weighted by molar-refractivity contribution is 0.636. The molecule has 0 saturated heterocycles. The minimum absolute atomic E-state index is 0.222. The maximum atomic E-state index is 13.2. The van der Waals surface area contributed by atoms with E-state index in [0.717, 1.165) is 16.6 Å². The number of aryl methyl sites for hydroxylation is 1. The third-order valence-electron chi connectivity index (χ3n) is 2.24. The molecule has 0 aliphatic carbocycles. The summed E-state index contributed by atoms with van der Waals surface area (Å²) in [6.07, 6.45) is 0. The zero-order valence-electron chi connectivity index (χ0n) is 7.39. The number of benzene rings is 1. The molecule has 1 heterocycles. The van der Waals surface area contributed by atoms with E-state index in [0.29, 0.717) is 12.1 Å². The Hall–Kier alpha value is -1.35. The van der Waals surface area contributed by atoms with Crippen molar-refractivity contribution in [1.29, 1.82) is 0 Å². The maximum absolute atomic E-state index is 13.2. The first-order valence-electron chi connectivity index (χ1n) is 4.19. The number of rotatable bonds is 1. The largest absolute Gasteiger partial charge is 0.355 e. The molecule has 3 N–H and O–H groups in total. The summed E-state index contributed by atoms with van der Waals surface area (Å²) >= 11 is 0. The number of fused-ring (bicyclic) bond motifs is 1. The third-order valence-corrected chi connectivity index (χ3v) is 2.24. The summed E-state index contributed by atoms with van der Waals surface area (Å²) in [5.74, 6) is -0.222. The summed E-state index contributed by atoms with van der Waals surface area (Å²) in [5.41, 5.74) is 7.94. The Morgan fingerprint density at radius 2 is 2.23 bits per heavy atom. The molecule has 0 saturated carbocycles. The van der Waals surface area contributed by atoms with Gasteiger partial charge in [-0.2, -0.15) is 0 Å². The summed E-state index contributed by atoms with van der Waals surface area (Å²) in [7, 11) is 0. The van der Waals surface area contributed by atoms with Gasteiger partial charge in [-0.1, -0.05) is 6.07 Å². The third kappa shape index (κ3) is 1.21. The van der Waals surface area contributed by atoms with Crippen molar-refractivity contribution in [2.24, 2.45) is 5.73 Å². The Morgan fingerprint density at radius 3 is 2.85 bits per heavy atom. The van der Waals surface area contributed by atoms with Gasteiger partial charge in [0.1, 0.15) is 5.82 Å². The topological polar surface area (TPSA) is 41.8 Å². The molecular weight excluding hydrogens is 167 g/mol. The second kappa shape index (κ2) is 2.85. The number of aromatic nitrogens is 1. The average Bonchev–Trinajstić information content (AvgIpc) is 2.56. The molecule has 0 fully saturated rings. The van der Waals surface area contributed by atoms with Gasteiger partial charge < -0.3 is 10.7 Å². The molecule has 2 aromatic rings. The predicted octanol–water partition coefficient (Wildman–Crippen LogP) is 2.07. The van der Waals surface area contributed by atoms with Crippen LogP contribution in [0.5, 0.6) is 0 Å². The molecule has 0 spiro atoms. The molecule has 0 aliphatic rings. The quantitative estimate of drug-likeness (QED) is 0.689. The van der Waals surface area contributed by atoms with E-state index in [1.165, 1.54) is 6.07 Å². The number of nitrogens with two attached hydrogens (primary N) is 1. The standard InChI is InChI=1S/C10H11FN2/c1-6-2-3-9(11)10-8(6)4-7(5-12)13-10/h2-4,13H,5,12H2,1H3. The van der Waals surface area contributed by atoms with Crippen LogP contribution in [-0.4, -0.2) is 4.98 Å². The van der Waals surface area contributed by atoms with E-state index < -0.39 is 0 Å². The average molecular weight is 178 g/mol. The zero-order valence-corrected chi connectivity index (χ0v) is 7.39. The Morgan fingerprint density at radius 1 is 1.46 bits per heavy atom. The van der Waals surface area contributed by atoms with Crippen LogP contribution in [0.4, 0.5) is 4.39 Å². The number of hydrogen-bond acceptors (Lipinski definition) is 1. The molecule has 0 aliphatic heterocycles. The molecule has 3 heteroatoms. The smallest absolute Gasteiger partial charge is 0.147 e. The van der Waals surface area contributed by atoms with Crippen molar-refractivity contribution in [2.45, 2.75) is 13.5 Å². The minimum Gasteiger partial charge on any atom is -0.355 e. The predicted molar refractivity (Wildman–Crippen MR) is 50.9 cm³/mol. The lowest BCUT2D eigenvalue weighted by Gasteiger charge is -1.95. The first-order chi connectivity index (χ1) is 6.22. The SMILES string of the molecule is Cc1ccc(F)c2[nH]c(CN)cc12. The first kappa shape index (κ1) is 8.26. The molecule has 68 valence electrons. The van der Waals surface area contributed by atoms with Crippen LogP contribution >= 0.6 is 0 Å². The van der Waals surface area contributed by atoms with Crippen molar-refractivity contribution in [3.05, 3.63) is 35.3 Å². The monoisotopic (exact) mass is 178 g/mol. The summed E-state index contributed by atoms with van der Waals surface area (Å²) in [5, 5.41) is 0.917. The number of H-pyrrole nitrogens is 1. The van der Waals surface area contributed by atoms with E-state index in [1.54, 1.807) is 6.07 Å². The fourth-order valence-electron chi connectivity index (χ4n) is 1.49. The molecule has 13 heavy (non-hydrogen) atoms. The highest BCUT2D eigenvalue weighted by molar-refractivity contribution is 5.84. The molecule has 2 rings (SSSR count). The molecule has 0 amide bonds. The number of nitrogens with one attached hydrogen (secondary N) is 1.